The maximum atomic E-state index is 11.9. The maximum absolute atomic E-state index is 11.9. The molecule has 0 N–H and O–H groups in total. The number of piperidine rings is 1. The van der Waals surface area contributed by atoms with Crippen LogP contribution in [0, 0.1) is 11.8 Å². The lowest BCUT2D eigenvalue weighted by atomic mass is 9.92. The van der Waals surface area contributed by atoms with Crippen LogP contribution in [0.25, 0.3) is 0 Å². The van der Waals surface area contributed by atoms with Crippen molar-refractivity contribution in [2.24, 2.45) is 11.8 Å². The van der Waals surface area contributed by atoms with Crippen LogP contribution < -0.4 is 0 Å². The molecule has 3 nitrogen and oxygen atoms in total. The molecule has 1 aromatic heterocycles. The molecule has 1 aliphatic rings. The molecule has 0 amide bonds. The van der Waals surface area contributed by atoms with Crippen LogP contribution in [0.2, 0.25) is 0 Å². The van der Waals surface area contributed by atoms with E-state index in [0.717, 1.165) is 13.1 Å². The molecule has 2 unspecified atom stereocenters. The Bertz CT molecular complexity index is 335. The second-order valence-corrected chi connectivity index (χ2v) is 5.04. The van der Waals surface area contributed by atoms with E-state index in [1.165, 1.54) is 6.42 Å². The fraction of sp³-hybridized carbons (Fsp3) is 0.615. The third-order valence-electron chi connectivity index (χ3n) is 3.11. The number of Topliss-reactive ketones (excluding diaryl/α,β-unsaturated/α-hetero) is 1. The van der Waals surface area contributed by atoms with Crippen molar-refractivity contribution < 1.29 is 9.21 Å². The fourth-order valence-electron chi connectivity index (χ4n) is 2.64. The summed E-state index contributed by atoms with van der Waals surface area (Å²) in [6.07, 6.45) is 2.82. The lowest BCUT2D eigenvalue weighted by Gasteiger charge is -2.34. The summed E-state index contributed by atoms with van der Waals surface area (Å²) < 4.78 is 5.11. The predicted molar refractivity (Wildman–Crippen MR) is 62.4 cm³/mol. The molecule has 2 rings (SSSR count). The summed E-state index contributed by atoms with van der Waals surface area (Å²) in [5.41, 5.74) is 0. The van der Waals surface area contributed by atoms with Gasteiger partial charge in [0.15, 0.2) is 5.76 Å². The number of carbonyl (C=O) groups is 1. The Morgan fingerprint density at radius 2 is 2.12 bits per heavy atom. The number of hydrogen-bond donors (Lipinski definition) is 0. The van der Waals surface area contributed by atoms with Crippen LogP contribution in [0.15, 0.2) is 22.8 Å². The lowest BCUT2D eigenvalue weighted by Crippen LogP contribution is -2.41. The van der Waals surface area contributed by atoms with Crippen LogP contribution in [-0.2, 0) is 0 Å². The quantitative estimate of drug-likeness (QED) is 0.735. The number of hydrogen-bond acceptors (Lipinski definition) is 3. The van der Waals surface area contributed by atoms with Crippen molar-refractivity contribution in [2.75, 3.05) is 19.6 Å². The summed E-state index contributed by atoms with van der Waals surface area (Å²) in [7, 11) is 0. The normalized spacial score (nSPS) is 26.9. The van der Waals surface area contributed by atoms with Gasteiger partial charge in [0.1, 0.15) is 0 Å². The SMILES string of the molecule is CC1CC(C)CN(CC(=O)c2ccco2)C1. The largest absolute Gasteiger partial charge is 0.461 e. The van der Waals surface area contributed by atoms with Crippen LogP contribution in [0.5, 0.6) is 0 Å². The van der Waals surface area contributed by atoms with Crippen molar-refractivity contribution in [2.45, 2.75) is 20.3 Å². The van der Waals surface area contributed by atoms with Crippen molar-refractivity contribution in [3.05, 3.63) is 24.2 Å². The smallest absolute Gasteiger partial charge is 0.211 e. The topological polar surface area (TPSA) is 33.5 Å². The molecule has 2 atom stereocenters. The van der Waals surface area contributed by atoms with Gasteiger partial charge in [0.25, 0.3) is 0 Å². The summed E-state index contributed by atoms with van der Waals surface area (Å²) >= 11 is 0. The summed E-state index contributed by atoms with van der Waals surface area (Å²) in [6.45, 7) is 7.04. The maximum Gasteiger partial charge on any atom is 0.211 e. The number of ketones is 1. The van der Waals surface area contributed by atoms with Gasteiger partial charge in [-0.25, -0.2) is 0 Å². The van der Waals surface area contributed by atoms with E-state index >= 15 is 0 Å². The molecule has 1 aliphatic heterocycles. The van der Waals surface area contributed by atoms with Gasteiger partial charge in [0.05, 0.1) is 12.8 Å². The lowest BCUT2D eigenvalue weighted by molar-refractivity contribution is 0.0823. The second-order valence-electron chi connectivity index (χ2n) is 5.04. The summed E-state index contributed by atoms with van der Waals surface area (Å²) in [4.78, 5) is 14.1. The Hall–Kier alpha value is -1.09. The van der Waals surface area contributed by atoms with Crippen molar-refractivity contribution >= 4 is 5.78 Å². The highest BCUT2D eigenvalue weighted by molar-refractivity contribution is 5.94. The van der Waals surface area contributed by atoms with E-state index < -0.39 is 0 Å². The van der Waals surface area contributed by atoms with Gasteiger partial charge >= 0.3 is 0 Å². The Kier molecular flexibility index (Phi) is 3.44. The van der Waals surface area contributed by atoms with Crippen molar-refractivity contribution in [1.82, 2.24) is 4.90 Å². The highest BCUT2D eigenvalue weighted by Gasteiger charge is 2.24. The van der Waals surface area contributed by atoms with E-state index in [4.69, 9.17) is 4.42 Å². The second kappa shape index (κ2) is 4.83. The van der Waals surface area contributed by atoms with Gasteiger partial charge in [-0.05, 0) is 30.4 Å². The molecule has 1 aromatic rings. The van der Waals surface area contributed by atoms with E-state index in [-0.39, 0.29) is 5.78 Å². The average molecular weight is 221 g/mol. The van der Waals surface area contributed by atoms with Crippen molar-refractivity contribution in [1.29, 1.82) is 0 Å². The van der Waals surface area contributed by atoms with Gasteiger partial charge < -0.3 is 4.42 Å². The van der Waals surface area contributed by atoms with Gasteiger partial charge in [-0.15, -0.1) is 0 Å². The number of nitrogens with zero attached hydrogens (tertiary/aromatic N) is 1. The van der Waals surface area contributed by atoms with Gasteiger partial charge in [-0.3, -0.25) is 9.69 Å². The highest BCUT2D eigenvalue weighted by atomic mass is 16.3. The van der Waals surface area contributed by atoms with Crippen LogP contribution in [0.3, 0.4) is 0 Å². The zero-order chi connectivity index (χ0) is 11.5. The molecule has 2 heterocycles. The zero-order valence-electron chi connectivity index (χ0n) is 9.98. The molecule has 1 fully saturated rings. The van der Waals surface area contributed by atoms with E-state index in [0.29, 0.717) is 24.1 Å². The first kappa shape index (κ1) is 11.4. The van der Waals surface area contributed by atoms with E-state index in [1.807, 2.05) is 0 Å². The van der Waals surface area contributed by atoms with E-state index in [1.54, 1.807) is 18.4 Å². The Morgan fingerprint density at radius 1 is 1.44 bits per heavy atom. The standard InChI is InChI=1S/C13H19NO2/c1-10-6-11(2)8-14(7-10)9-12(15)13-4-3-5-16-13/h3-5,10-11H,6-9H2,1-2H3. The molecule has 0 radical (unpaired) electrons. The molecule has 16 heavy (non-hydrogen) atoms. The number of carbonyl (C=O) groups excluding carboxylic acids is 1. The van der Waals surface area contributed by atoms with Gasteiger partial charge in [-0.1, -0.05) is 13.8 Å². The molecule has 0 saturated carbocycles. The minimum atomic E-state index is 0.0892. The Morgan fingerprint density at radius 3 is 2.69 bits per heavy atom. The fourth-order valence-corrected chi connectivity index (χ4v) is 2.64. The Labute approximate surface area is 96.4 Å². The summed E-state index contributed by atoms with van der Waals surface area (Å²) in [5.74, 6) is 1.94. The van der Waals surface area contributed by atoms with Gasteiger partial charge in [0, 0.05) is 13.1 Å². The molecular formula is C13H19NO2. The molecule has 0 aliphatic carbocycles. The van der Waals surface area contributed by atoms with Crippen LogP contribution in [0.4, 0.5) is 0 Å². The Balaban J connectivity index is 1.92. The number of rotatable bonds is 3. The van der Waals surface area contributed by atoms with Gasteiger partial charge in [-0.2, -0.15) is 0 Å². The third kappa shape index (κ3) is 2.73. The van der Waals surface area contributed by atoms with Gasteiger partial charge in [0.2, 0.25) is 5.78 Å². The minimum absolute atomic E-state index is 0.0892. The van der Waals surface area contributed by atoms with Crippen LogP contribution in [-0.4, -0.2) is 30.3 Å². The van der Waals surface area contributed by atoms with Crippen LogP contribution in [0.1, 0.15) is 30.8 Å². The number of furan rings is 1. The molecule has 3 heteroatoms. The van der Waals surface area contributed by atoms with Crippen molar-refractivity contribution in [3.63, 3.8) is 0 Å². The first-order valence-corrected chi connectivity index (χ1v) is 5.94. The molecule has 0 bridgehead atoms. The monoisotopic (exact) mass is 221 g/mol. The third-order valence-corrected chi connectivity index (χ3v) is 3.11. The molecule has 0 spiro atoms. The van der Waals surface area contributed by atoms with Crippen LogP contribution >= 0.6 is 0 Å². The van der Waals surface area contributed by atoms with Crippen molar-refractivity contribution in [3.8, 4) is 0 Å². The first-order chi connectivity index (χ1) is 7.65. The molecule has 1 saturated heterocycles. The molecular weight excluding hydrogens is 202 g/mol. The zero-order valence-corrected chi connectivity index (χ0v) is 9.98. The molecule has 0 aromatic carbocycles. The number of likely N-dealkylation sites (tertiary alicyclic amines) is 1. The highest BCUT2D eigenvalue weighted by Crippen LogP contribution is 2.21. The minimum Gasteiger partial charge on any atom is -0.461 e. The predicted octanol–water partition coefficient (Wildman–Crippen LogP) is 2.44. The average Bonchev–Trinajstić information content (AvgIpc) is 2.68. The van der Waals surface area contributed by atoms with E-state index in [2.05, 4.69) is 18.7 Å². The first-order valence-electron chi connectivity index (χ1n) is 5.94. The summed E-state index contributed by atoms with van der Waals surface area (Å²) in [6, 6.07) is 3.49. The summed E-state index contributed by atoms with van der Waals surface area (Å²) in [5, 5.41) is 0. The molecule has 88 valence electrons. The van der Waals surface area contributed by atoms with E-state index in [9.17, 15) is 4.79 Å².